The number of thioether (sulfide) groups is 1. The van der Waals surface area contributed by atoms with Gasteiger partial charge >= 0.3 is 0 Å². The molecule has 1 fully saturated rings. The van der Waals surface area contributed by atoms with Crippen molar-refractivity contribution >= 4 is 17.7 Å². The van der Waals surface area contributed by atoms with Gasteiger partial charge in [-0.1, -0.05) is 63.7 Å². The Labute approximate surface area is 177 Å². The Balaban J connectivity index is 1.56. The maximum absolute atomic E-state index is 12.6. The van der Waals surface area contributed by atoms with Gasteiger partial charge in [0, 0.05) is 6.61 Å². The van der Waals surface area contributed by atoms with Crippen LogP contribution in [0.2, 0.25) is 0 Å². The normalized spacial score (nSPS) is 17.8. The number of tetrazole rings is 1. The number of nitrogens with zero attached hydrogens (tertiary/aromatic N) is 4. The summed E-state index contributed by atoms with van der Waals surface area (Å²) in [6.07, 6.45) is 2.26. The lowest BCUT2D eigenvalue weighted by atomic mass is 9.93. The molecule has 1 amide bonds. The fraction of sp³-hybridized carbons (Fsp3) is 0.619. The molecular formula is C21H31N5O2S. The quantitative estimate of drug-likeness (QED) is 0.628. The SMILES string of the molecule is CC(C)c1ccc([C@H](NC(=O)CSc2nnnn2C[C@@H]2CCCO2)C(C)C)cc1. The van der Waals surface area contributed by atoms with E-state index in [2.05, 4.69) is 72.8 Å². The number of hydrogen-bond donors (Lipinski definition) is 1. The average molecular weight is 418 g/mol. The molecule has 29 heavy (non-hydrogen) atoms. The molecule has 2 heterocycles. The Bertz CT molecular complexity index is 785. The van der Waals surface area contributed by atoms with E-state index in [0.717, 1.165) is 25.0 Å². The first-order valence-electron chi connectivity index (χ1n) is 10.3. The number of carbonyl (C=O) groups is 1. The van der Waals surface area contributed by atoms with Crippen LogP contribution in [0.4, 0.5) is 0 Å². The molecule has 2 aromatic rings. The predicted octanol–water partition coefficient (Wildman–Crippen LogP) is 3.58. The third-order valence-electron chi connectivity index (χ3n) is 5.18. The van der Waals surface area contributed by atoms with Crippen molar-refractivity contribution in [2.45, 2.75) is 70.3 Å². The summed E-state index contributed by atoms with van der Waals surface area (Å²) in [5.74, 6) is 1.04. The molecule has 1 aliphatic heterocycles. The van der Waals surface area contributed by atoms with Crippen LogP contribution >= 0.6 is 11.8 Å². The van der Waals surface area contributed by atoms with Crippen molar-refractivity contribution in [3.05, 3.63) is 35.4 Å². The van der Waals surface area contributed by atoms with Crippen molar-refractivity contribution in [3.8, 4) is 0 Å². The van der Waals surface area contributed by atoms with Crippen LogP contribution in [0.5, 0.6) is 0 Å². The molecule has 3 rings (SSSR count). The van der Waals surface area contributed by atoms with Gasteiger partial charge in [-0.25, -0.2) is 4.68 Å². The smallest absolute Gasteiger partial charge is 0.230 e. The summed E-state index contributed by atoms with van der Waals surface area (Å²) in [5.41, 5.74) is 2.43. The molecule has 8 heteroatoms. The van der Waals surface area contributed by atoms with Crippen molar-refractivity contribution in [1.29, 1.82) is 0 Å². The summed E-state index contributed by atoms with van der Waals surface area (Å²) in [4.78, 5) is 12.6. The third-order valence-corrected chi connectivity index (χ3v) is 6.13. The molecule has 158 valence electrons. The van der Waals surface area contributed by atoms with E-state index >= 15 is 0 Å². The van der Waals surface area contributed by atoms with Crippen LogP contribution in [0.1, 0.15) is 63.6 Å². The van der Waals surface area contributed by atoms with Crippen molar-refractivity contribution < 1.29 is 9.53 Å². The number of benzene rings is 1. The lowest BCUT2D eigenvalue weighted by molar-refractivity contribution is -0.119. The van der Waals surface area contributed by atoms with Gasteiger partial charge in [0.1, 0.15) is 0 Å². The highest BCUT2D eigenvalue weighted by Gasteiger charge is 2.21. The maximum atomic E-state index is 12.6. The lowest BCUT2D eigenvalue weighted by Crippen LogP contribution is -2.33. The first kappa shape index (κ1) is 21.8. The molecule has 0 bridgehead atoms. The van der Waals surface area contributed by atoms with Crippen LogP contribution in [-0.2, 0) is 16.1 Å². The van der Waals surface area contributed by atoms with Gasteiger partial charge in [0.15, 0.2) is 0 Å². The highest BCUT2D eigenvalue weighted by Crippen LogP contribution is 2.25. The van der Waals surface area contributed by atoms with Crippen LogP contribution in [-0.4, -0.2) is 44.6 Å². The molecule has 1 N–H and O–H groups in total. The molecule has 1 aromatic carbocycles. The highest BCUT2D eigenvalue weighted by atomic mass is 32.2. The molecule has 0 spiro atoms. The summed E-state index contributed by atoms with van der Waals surface area (Å²) in [6, 6.07) is 8.52. The number of ether oxygens (including phenoxy) is 1. The average Bonchev–Trinajstić information content (AvgIpc) is 3.37. The van der Waals surface area contributed by atoms with Crippen LogP contribution < -0.4 is 5.32 Å². The van der Waals surface area contributed by atoms with E-state index in [1.807, 2.05) is 0 Å². The van der Waals surface area contributed by atoms with Crippen LogP contribution in [0.25, 0.3) is 0 Å². The lowest BCUT2D eigenvalue weighted by Gasteiger charge is -2.23. The van der Waals surface area contributed by atoms with Gasteiger partial charge < -0.3 is 10.1 Å². The van der Waals surface area contributed by atoms with E-state index in [4.69, 9.17) is 4.74 Å². The molecule has 0 saturated carbocycles. The van der Waals surface area contributed by atoms with Crippen molar-refractivity contribution in [1.82, 2.24) is 25.5 Å². The summed E-state index contributed by atoms with van der Waals surface area (Å²) in [6.45, 7) is 10.0. The molecule has 0 radical (unpaired) electrons. The second-order valence-electron chi connectivity index (χ2n) is 8.18. The molecule has 0 unspecified atom stereocenters. The van der Waals surface area contributed by atoms with E-state index in [1.165, 1.54) is 17.3 Å². The zero-order valence-corrected chi connectivity index (χ0v) is 18.5. The number of amides is 1. The van der Waals surface area contributed by atoms with E-state index in [0.29, 0.717) is 23.5 Å². The van der Waals surface area contributed by atoms with E-state index < -0.39 is 0 Å². The van der Waals surface area contributed by atoms with Gasteiger partial charge in [-0.3, -0.25) is 4.79 Å². The molecule has 7 nitrogen and oxygen atoms in total. The van der Waals surface area contributed by atoms with Gasteiger partial charge in [-0.2, -0.15) is 0 Å². The molecule has 0 aliphatic carbocycles. The Morgan fingerprint density at radius 1 is 1.24 bits per heavy atom. The number of rotatable bonds is 9. The van der Waals surface area contributed by atoms with Gasteiger partial charge in [0.2, 0.25) is 11.1 Å². The molecular weight excluding hydrogens is 386 g/mol. The molecule has 2 atom stereocenters. The molecule has 1 aromatic heterocycles. The minimum atomic E-state index is -0.0211. The number of aromatic nitrogens is 4. The van der Waals surface area contributed by atoms with Crippen molar-refractivity contribution in [2.75, 3.05) is 12.4 Å². The topological polar surface area (TPSA) is 81.9 Å². The fourth-order valence-corrected chi connectivity index (χ4v) is 4.16. The zero-order valence-electron chi connectivity index (χ0n) is 17.7. The van der Waals surface area contributed by atoms with Gasteiger partial charge in [0.05, 0.1) is 24.4 Å². The van der Waals surface area contributed by atoms with Crippen LogP contribution in [0, 0.1) is 5.92 Å². The largest absolute Gasteiger partial charge is 0.376 e. The molecule has 1 saturated heterocycles. The molecule has 1 aliphatic rings. The van der Waals surface area contributed by atoms with E-state index in [9.17, 15) is 4.79 Å². The fourth-order valence-electron chi connectivity index (χ4n) is 3.46. The Morgan fingerprint density at radius 2 is 1.97 bits per heavy atom. The first-order chi connectivity index (χ1) is 13.9. The van der Waals surface area contributed by atoms with Crippen molar-refractivity contribution in [3.63, 3.8) is 0 Å². The van der Waals surface area contributed by atoms with Crippen LogP contribution in [0.15, 0.2) is 29.4 Å². The second-order valence-corrected chi connectivity index (χ2v) is 9.12. The van der Waals surface area contributed by atoms with Crippen molar-refractivity contribution in [2.24, 2.45) is 5.92 Å². The predicted molar refractivity (Wildman–Crippen MR) is 114 cm³/mol. The standard InChI is InChI=1S/C21H31N5O2S/c1-14(2)16-7-9-17(10-8-16)20(15(3)4)22-19(27)13-29-21-23-24-25-26(21)12-18-6-5-11-28-18/h7-10,14-15,18,20H,5-6,11-13H2,1-4H3,(H,22,27)/t18-,20+/m0/s1. The maximum Gasteiger partial charge on any atom is 0.230 e. The Kier molecular flexibility index (Phi) is 7.66. The number of nitrogens with one attached hydrogen (secondary N) is 1. The second kappa shape index (κ2) is 10.2. The first-order valence-corrected chi connectivity index (χ1v) is 11.3. The zero-order chi connectivity index (χ0) is 20.8. The monoisotopic (exact) mass is 417 g/mol. The summed E-state index contributed by atoms with van der Waals surface area (Å²) < 4.78 is 7.39. The summed E-state index contributed by atoms with van der Waals surface area (Å²) in [5, 5.41) is 15.7. The van der Waals surface area contributed by atoms with Crippen LogP contribution in [0.3, 0.4) is 0 Å². The van der Waals surface area contributed by atoms with Gasteiger partial charge in [-0.15, -0.1) is 5.10 Å². The highest BCUT2D eigenvalue weighted by molar-refractivity contribution is 7.99. The Hall–Kier alpha value is -1.93. The van der Waals surface area contributed by atoms with Gasteiger partial charge in [-0.05, 0) is 46.2 Å². The Morgan fingerprint density at radius 3 is 2.59 bits per heavy atom. The minimum absolute atomic E-state index is 0.0201. The summed E-state index contributed by atoms with van der Waals surface area (Å²) in [7, 11) is 0. The van der Waals surface area contributed by atoms with Gasteiger partial charge in [0.25, 0.3) is 0 Å². The number of hydrogen-bond acceptors (Lipinski definition) is 6. The van der Waals surface area contributed by atoms with E-state index in [-0.39, 0.29) is 23.8 Å². The third kappa shape index (κ3) is 6.02. The van der Waals surface area contributed by atoms with E-state index in [1.54, 1.807) is 4.68 Å². The minimum Gasteiger partial charge on any atom is -0.376 e. The summed E-state index contributed by atoms with van der Waals surface area (Å²) >= 11 is 1.36. The number of carbonyl (C=O) groups excluding carboxylic acids is 1.